The van der Waals surface area contributed by atoms with Gasteiger partial charge in [-0.3, -0.25) is 18.6 Å². The lowest BCUT2D eigenvalue weighted by atomic mass is 10.0. The summed E-state index contributed by atoms with van der Waals surface area (Å²) in [5, 5.41) is 2.99. The second kappa shape index (κ2) is 53.8. The molecule has 0 aromatic heterocycles. The Hall–Kier alpha value is -3.59. The Bertz CT molecular complexity index is 1700. The van der Waals surface area contributed by atoms with Crippen LogP contribution in [0.4, 0.5) is 0 Å². The molecule has 75 heavy (non-hydrogen) atoms. The number of carbonyl (C=O) groups is 2. The van der Waals surface area contributed by atoms with Crippen LogP contribution in [0, 0.1) is 0 Å². The van der Waals surface area contributed by atoms with Crippen molar-refractivity contribution in [3.05, 3.63) is 122 Å². The van der Waals surface area contributed by atoms with Gasteiger partial charge in [0.2, 0.25) is 5.91 Å². The molecule has 3 unspecified atom stereocenters. The first-order chi connectivity index (χ1) is 36.4. The molecule has 0 bridgehead atoms. The zero-order chi connectivity index (χ0) is 55.0. The summed E-state index contributed by atoms with van der Waals surface area (Å²) in [6.45, 7) is 6.78. The van der Waals surface area contributed by atoms with E-state index >= 15 is 0 Å². The SMILES string of the molecule is CC/C=C\C/C=C\C/C=C\C/C=C\C/C=C\C/C=C\CCC(=O)NC(COP(=O)(O)OCC[N+](C)(C)C)C(/C=C/CCCCCCCCCCCCC)OC(=O)CCCCCC/C=C\C/C=C\C/C=C\CCCCC. The minimum absolute atomic E-state index is 0.0164. The van der Waals surface area contributed by atoms with E-state index in [1.807, 2.05) is 45.4 Å². The fraction of sp³-hybridized carbons (Fsp3) is 0.662. The monoisotopic (exact) mass is 1060 g/mol. The van der Waals surface area contributed by atoms with Gasteiger partial charge in [0, 0.05) is 12.8 Å². The standard InChI is InChI=1S/C65H111N2O7P/c1-7-10-13-16-19-22-25-28-30-32-33-35-36-39-42-45-48-51-54-57-64(68)66-62(61-73-75(70,71)72-60-59-67(4,5)6)63(56-53-50-47-44-41-38-27-24-21-18-15-12-9-3)74-65(69)58-55-52-49-46-43-40-37-34-31-29-26-23-20-17-14-11-8-2/h10,13,19-20,22-23,28-31,33,35,37,39-40,42,48,51,53,56,62-63H,7-9,11-12,14-18,21,24-27,32,34,36,38,41,43-47,49-50,52,54-55,57-61H2,1-6H3,(H-,66,68,70,71)/p+1/b13-10-,22-19-,23-20-,30-28-,31-29-,35-33-,40-37-,42-39-,51-48-,56-53+. The van der Waals surface area contributed by atoms with E-state index in [4.69, 9.17) is 13.8 Å². The maximum absolute atomic E-state index is 13.5. The van der Waals surface area contributed by atoms with Gasteiger partial charge in [0.1, 0.15) is 19.3 Å². The first kappa shape index (κ1) is 71.4. The van der Waals surface area contributed by atoms with Gasteiger partial charge in [0.15, 0.2) is 0 Å². The number of ether oxygens (including phenoxy) is 1. The summed E-state index contributed by atoms with van der Waals surface area (Å²) in [5.74, 6) is -0.637. The number of phosphoric acid groups is 1. The highest BCUT2D eigenvalue weighted by Crippen LogP contribution is 2.43. The molecule has 0 aromatic rings. The highest BCUT2D eigenvalue weighted by Gasteiger charge is 2.30. The minimum Gasteiger partial charge on any atom is -0.456 e. The van der Waals surface area contributed by atoms with Crippen LogP contribution in [0.3, 0.4) is 0 Å². The van der Waals surface area contributed by atoms with Crippen LogP contribution >= 0.6 is 7.82 Å². The van der Waals surface area contributed by atoms with Gasteiger partial charge < -0.3 is 19.4 Å². The average molecular weight is 1060 g/mol. The highest BCUT2D eigenvalue weighted by atomic mass is 31.2. The number of carbonyl (C=O) groups excluding carboxylic acids is 2. The molecule has 9 nitrogen and oxygen atoms in total. The number of allylic oxidation sites excluding steroid dienone is 19. The van der Waals surface area contributed by atoms with Gasteiger partial charge in [-0.2, -0.15) is 0 Å². The molecule has 0 radical (unpaired) electrons. The van der Waals surface area contributed by atoms with Gasteiger partial charge in [0.05, 0.1) is 33.8 Å². The molecule has 428 valence electrons. The Morgan fingerprint density at radius 2 is 0.867 bits per heavy atom. The predicted octanol–water partition coefficient (Wildman–Crippen LogP) is 18.3. The minimum atomic E-state index is -4.48. The van der Waals surface area contributed by atoms with E-state index in [2.05, 4.69) is 123 Å². The summed E-state index contributed by atoms with van der Waals surface area (Å²) in [7, 11) is 1.42. The third kappa shape index (κ3) is 55.0. The molecule has 2 N–H and O–H groups in total. The normalized spacial score (nSPS) is 14.6. The van der Waals surface area contributed by atoms with Crippen molar-refractivity contribution < 1.29 is 37.3 Å². The lowest BCUT2D eigenvalue weighted by Crippen LogP contribution is -2.47. The van der Waals surface area contributed by atoms with Crippen molar-refractivity contribution >= 4 is 19.7 Å². The summed E-state index contributed by atoms with van der Waals surface area (Å²) in [4.78, 5) is 37.6. The van der Waals surface area contributed by atoms with E-state index < -0.39 is 20.0 Å². The van der Waals surface area contributed by atoms with Gasteiger partial charge in [0.25, 0.3) is 0 Å². The van der Waals surface area contributed by atoms with Crippen molar-refractivity contribution in [2.24, 2.45) is 0 Å². The first-order valence-corrected chi connectivity index (χ1v) is 31.4. The molecule has 0 aliphatic rings. The molecule has 3 atom stereocenters. The molecule has 0 rings (SSSR count). The van der Waals surface area contributed by atoms with Crippen molar-refractivity contribution in [1.29, 1.82) is 0 Å². The van der Waals surface area contributed by atoms with Crippen LogP contribution in [0.1, 0.15) is 226 Å². The zero-order valence-electron chi connectivity index (χ0n) is 48.7. The topological polar surface area (TPSA) is 111 Å². The van der Waals surface area contributed by atoms with E-state index in [1.54, 1.807) is 0 Å². The van der Waals surface area contributed by atoms with Crippen molar-refractivity contribution in [2.45, 2.75) is 238 Å². The molecule has 1 amide bonds. The second-order valence-electron chi connectivity index (χ2n) is 20.8. The third-order valence-corrected chi connectivity index (χ3v) is 13.4. The summed E-state index contributed by atoms with van der Waals surface area (Å²) < 4.78 is 30.6. The van der Waals surface area contributed by atoms with Gasteiger partial charge >= 0.3 is 13.8 Å². The fourth-order valence-electron chi connectivity index (χ4n) is 7.79. The molecule has 0 aromatic carbocycles. The smallest absolute Gasteiger partial charge is 0.456 e. The molecular formula is C65H112N2O7P+. The van der Waals surface area contributed by atoms with Gasteiger partial charge in [-0.25, -0.2) is 4.57 Å². The van der Waals surface area contributed by atoms with Crippen LogP contribution in [-0.2, 0) is 27.9 Å². The predicted molar refractivity (Wildman–Crippen MR) is 323 cm³/mol. The Kier molecular flexibility index (Phi) is 51.2. The van der Waals surface area contributed by atoms with Crippen molar-refractivity contribution in [2.75, 3.05) is 40.9 Å². The van der Waals surface area contributed by atoms with E-state index in [1.165, 1.54) is 83.5 Å². The van der Waals surface area contributed by atoms with Crippen molar-refractivity contribution in [1.82, 2.24) is 5.32 Å². The van der Waals surface area contributed by atoms with Crippen molar-refractivity contribution in [3.63, 3.8) is 0 Å². The van der Waals surface area contributed by atoms with Crippen LogP contribution in [-0.4, -0.2) is 74.3 Å². The maximum atomic E-state index is 13.5. The first-order valence-electron chi connectivity index (χ1n) is 29.9. The molecular weight excluding hydrogens is 952 g/mol. The van der Waals surface area contributed by atoms with Gasteiger partial charge in [-0.15, -0.1) is 0 Å². The number of likely N-dealkylation sites (N-methyl/N-ethyl adjacent to an activating group) is 1. The largest absolute Gasteiger partial charge is 0.472 e. The lowest BCUT2D eigenvalue weighted by molar-refractivity contribution is -0.870. The number of phosphoric ester groups is 1. The van der Waals surface area contributed by atoms with Crippen LogP contribution in [0.5, 0.6) is 0 Å². The number of nitrogens with zero attached hydrogens (tertiary/aromatic N) is 1. The number of quaternary nitrogens is 1. The number of esters is 1. The average Bonchev–Trinajstić information content (AvgIpc) is 3.37. The molecule has 0 heterocycles. The molecule has 0 fully saturated rings. The van der Waals surface area contributed by atoms with Crippen LogP contribution in [0.25, 0.3) is 0 Å². The van der Waals surface area contributed by atoms with Crippen LogP contribution < -0.4 is 5.32 Å². The van der Waals surface area contributed by atoms with Gasteiger partial charge in [-0.05, 0) is 109 Å². The lowest BCUT2D eigenvalue weighted by Gasteiger charge is -2.27. The Morgan fingerprint density at radius 3 is 1.33 bits per heavy atom. The fourth-order valence-corrected chi connectivity index (χ4v) is 8.53. The Balaban J connectivity index is 5.51. The summed E-state index contributed by atoms with van der Waals surface area (Å²) in [6, 6.07) is -0.906. The molecule has 0 saturated heterocycles. The summed E-state index contributed by atoms with van der Waals surface area (Å²) >= 11 is 0. The van der Waals surface area contributed by atoms with E-state index in [0.29, 0.717) is 23.9 Å². The van der Waals surface area contributed by atoms with Crippen molar-refractivity contribution in [3.8, 4) is 0 Å². The van der Waals surface area contributed by atoms with E-state index in [9.17, 15) is 19.0 Å². The molecule has 0 aliphatic carbocycles. The Morgan fingerprint density at radius 1 is 0.480 bits per heavy atom. The summed E-state index contributed by atoms with van der Waals surface area (Å²) in [5.41, 5.74) is 0. The number of unbranched alkanes of at least 4 members (excludes halogenated alkanes) is 18. The quantitative estimate of drug-likeness (QED) is 0.0205. The number of nitrogens with one attached hydrogen (secondary N) is 1. The second-order valence-corrected chi connectivity index (χ2v) is 22.2. The van der Waals surface area contributed by atoms with Crippen LogP contribution in [0.2, 0.25) is 0 Å². The molecule has 0 spiro atoms. The molecule has 0 saturated carbocycles. The Labute approximate surface area is 461 Å². The summed E-state index contributed by atoms with van der Waals surface area (Å²) in [6.07, 6.45) is 74.9. The number of rotatable bonds is 52. The zero-order valence-corrected chi connectivity index (χ0v) is 49.6. The number of hydrogen-bond acceptors (Lipinski definition) is 6. The van der Waals surface area contributed by atoms with E-state index in [0.717, 1.165) is 96.3 Å². The molecule has 0 aliphatic heterocycles. The maximum Gasteiger partial charge on any atom is 0.472 e. The number of hydrogen-bond donors (Lipinski definition) is 2. The van der Waals surface area contributed by atoms with Gasteiger partial charge in [-0.1, -0.05) is 226 Å². The number of amides is 1. The third-order valence-electron chi connectivity index (χ3n) is 12.4. The van der Waals surface area contributed by atoms with Crippen LogP contribution in [0.15, 0.2) is 122 Å². The molecule has 10 heteroatoms. The van der Waals surface area contributed by atoms with E-state index in [-0.39, 0.29) is 37.9 Å². The highest BCUT2D eigenvalue weighted by molar-refractivity contribution is 7.47.